The van der Waals surface area contributed by atoms with E-state index in [1.165, 1.54) is 0 Å². The summed E-state index contributed by atoms with van der Waals surface area (Å²) in [5, 5.41) is 8.70. The number of carboxylic acid groups (broad SMARTS) is 1. The fraction of sp³-hybridized carbons (Fsp3) is 0.364. The summed E-state index contributed by atoms with van der Waals surface area (Å²) >= 11 is 11.5. The van der Waals surface area contributed by atoms with E-state index in [2.05, 4.69) is 4.72 Å². The van der Waals surface area contributed by atoms with E-state index in [0.717, 1.165) is 18.6 Å². The number of carboxylic acids is 1. The summed E-state index contributed by atoms with van der Waals surface area (Å²) < 4.78 is 26.3. The summed E-state index contributed by atoms with van der Waals surface area (Å²) in [5.74, 6) is -1.31. The van der Waals surface area contributed by atoms with E-state index in [0.29, 0.717) is 6.42 Å². The largest absolute Gasteiger partial charge is 0.478 e. The minimum Gasteiger partial charge on any atom is -0.478 e. The lowest BCUT2D eigenvalue weighted by atomic mass is 10.2. The number of nitrogens with one attached hydrogen (secondary N) is 1. The van der Waals surface area contributed by atoms with Crippen LogP contribution in [0, 0.1) is 0 Å². The van der Waals surface area contributed by atoms with Gasteiger partial charge in [0.15, 0.2) is 0 Å². The minimum atomic E-state index is -3.84. The highest BCUT2D eigenvalue weighted by Gasteiger charge is 2.21. The third kappa shape index (κ3) is 4.07. The summed E-state index contributed by atoms with van der Waals surface area (Å²) in [7, 11) is -3.84. The number of sulfonamides is 1. The second kappa shape index (κ2) is 6.56. The second-order valence-corrected chi connectivity index (χ2v) is 6.37. The van der Waals surface area contributed by atoms with Crippen LogP contribution in [-0.2, 0) is 10.0 Å². The lowest BCUT2D eigenvalue weighted by Gasteiger charge is -2.09. The van der Waals surface area contributed by atoms with Crippen molar-refractivity contribution in [1.82, 2.24) is 4.72 Å². The lowest BCUT2D eigenvalue weighted by Crippen LogP contribution is -2.25. The molecule has 0 aliphatic heterocycles. The molecule has 0 atom stereocenters. The highest BCUT2D eigenvalue weighted by Crippen LogP contribution is 2.28. The van der Waals surface area contributed by atoms with Gasteiger partial charge in [0.2, 0.25) is 10.0 Å². The molecule has 0 bridgehead atoms. The lowest BCUT2D eigenvalue weighted by molar-refractivity contribution is 0.0697. The number of halogens is 2. The van der Waals surface area contributed by atoms with Crippen molar-refractivity contribution in [3.8, 4) is 0 Å². The molecule has 0 saturated carbocycles. The zero-order valence-electron chi connectivity index (χ0n) is 10.1. The Bertz CT molecular complexity index is 587. The van der Waals surface area contributed by atoms with Gasteiger partial charge in [-0.2, -0.15) is 0 Å². The quantitative estimate of drug-likeness (QED) is 0.788. The Hall–Kier alpha value is -0.820. The Morgan fingerprint density at radius 3 is 2.47 bits per heavy atom. The molecular formula is C11H13Cl2NO4S. The van der Waals surface area contributed by atoms with Gasteiger partial charge in [-0.05, 0) is 18.6 Å². The zero-order chi connectivity index (χ0) is 14.6. The molecule has 0 saturated heterocycles. The van der Waals surface area contributed by atoms with Crippen molar-refractivity contribution >= 4 is 39.2 Å². The van der Waals surface area contributed by atoms with Crippen molar-refractivity contribution in [2.45, 2.75) is 24.7 Å². The molecule has 1 aromatic carbocycles. The van der Waals surface area contributed by atoms with Gasteiger partial charge in [-0.25, -0.2) is 17.9 Å². The molecule has 8 heteroatoms. The van der Waals surface area contributed by atoms with E-state index in [-0.39, 0.29) is 27.0 Å². The third-order valence-electron chi connectivity index (χ3n) is 2.36. The highest BCUT2D eigenvalue weighted by atomic mass is 35.5. The van der Waals surface area contributed by atoms with E-state index < -0.39 is 16.0 Å². The van der Waals surface area contributed by atoms with Crippen LogP contribution in [0.25, 0.3) is 0 Å². The summed E-state index contributed by atoms with van der Waals surface area (Å²) in [6.45, 7) is 2.19. The molecule has 106 valence electrons. The van der Waals surface area contributed by atoms with Gasteiger partial charge in [0, 0.05) is 6.54 Å². The minimum absolute atomic E-state index is 0.106. The van der Waals surface area contributed by atoms with E-state index >= 15 is 0 Å². The van der Waals surface area contributed by atoms with Gasteiger partial charge in [-0.1, -0.05) is 36.5 Å². The highest BCUT2D eigenvalue weighted by molar-refractivity contribution is 7.89. The Balaban J connectivity index is 3.19. The van der Waals surface area contributed by atoms with Crippen LogP contribution >= 0.6 is 23.2 Å². The second-order valence-electron chi connectivity index (χ2n) is 3.82. The Morgan fingerprint density at radius 2 is 1.95 bits per heavy atom. The monoisotopic (exact) mass is 325 g/mol. The molecular weight excluding hydrogens is 313 g/mol. The molecule has 1 aromatic rings. The maximum atomic E-state index is 12.0. The van der Waals surface area contributed by atoms with Gasteiger partial charge in [0.1, 0.15) is 4.90 Å². The molecule has 19 heavy (non-hydrogen) atoms. The standard InChI is InChI=1S/C11H13Cl2NO4S/c1-2-3-4-14-19(17,18)10-5-7(11(15)16)8(12)6-9(10)13/h5-6,14H,2-4H2,1H3,(H,15,16). The molecule has 0 radical (unpaired) electrons. The molecule has 0 spiro atoms. The van der Waals surface area contributed by atoms with E-state index in [1.807, 2.05) is 6.92 Å². The SMILES string of the molecule is CCCCNS(=O)(=O)c1cc(C(=O)O)c(Cl)cc1Cl. The average Bonchev–Trinajstić information content (AvgIpc) is 2.28. The zero-order valence-corrected chi connectivity index (χ0v) is 12.4. The molecule has 0 fully saturated rings. The van der Waals surface area contributed by atoms with Gasteiger partial charge < -0.3 is 5.11 Å². The van der Waals surface area contributed by atoms with Crippen LogP contribution in [0.2, 0.25) is 10.0 Å². The summed E-state index contributed by atoms with van der Waals surface area (Å²) in [5.41, 5.74) is -0.304. The first-order valence-corrected chi connectivity index (χ1v) is 7.75. The number of benzene rings is 1. The summed E-state index contributed by atoms with van der Waals surface area (Å²) in [4.78, 5) is 10.6. The first kappa shape index (κ1) is 16.2. The first-order chi connectivity index (χ1) is 8.79. The average molecular weight is 326 g/mol. The van der Waals surface area contributed by atoms with Crippen LogP contribution in [0.5, 0.6) is 0 Å². The topological polar surface area (TPSA) is 83.5 Å². The Morgan fingerprint density at radius 1 is 1.32 bits per heavy atom. The van der Waals surface area contributed by atoms with Crippen LogP contribution in [0.15, 0.2) is 17.0 Å². The molecule has 2 N–H and O–H groups in total. The van der Waals surface area contributed by atoms with Crippen LogP contribution in [0.3, 0.4) is 0 Å². The van der Waals surface area contributed by atoms with E-state index in [1.54, 1.807) is 0 Å². The molecule has 0 aliphatic rings. The first-order valence-electron chi connectivity index (χ1n) is 5.51. The molecule has 0 aromatic heterocycles. The number of hydrogen-bond donors (Lipinski definition) is 2. The van der Waals surface area contributed by atoms with Crippen molar-refractivity contribution in [2.75, 3.05) is 6.54 Å². The summed E-state index contributed by atoms with van der Waals surface area (Å²) in [6.07, 6.45) is 1.51. The number of hydrogen-bond acceptors (Lipinski definition) is 3. The molecule has 1 rings (SSSR count). The van der Waals surface area contributed by atoms with E-state index in [4.69, 9.17) is 28.3 Å². The number of rotatable bonds is 6. The number of carbonyl (C=O) groups is 1. The van der Waals surface area contributed by atoms with Gasteiger partial charge in [0.05, 0.1) is 15.6 Å². The van der Waals surface area contributed by atoms with Crippen molar-refractivity contribution < 1.29 is 18.3 Å². The predicted molar refractivity (Wildman–Crippen MR) is 73.5 cm³/mol. The van der Waals surface area contributed by atoms with Crippen LogP contribution in [0.1, 0.15) is 30.1 Å². The van der Waals surface area contributed by atoms with Crippen LogP contribution < -0.4 is 4.72 Å². The predicted octanol–water partition coefficient (Wildman–Crippen LogP) is 2.77. The normalized spacial score (nSPS) is 11.5. The molecule has 5 nitrogen and oxygen atoms in total. The van der Waals surface area contributed by atoms with Crippen LogP contribution in [0.4, 0.5) is 0 Å². The van der Waals surface area contributed by atoms with Crippen molar-refractivity contribution in [1.29, 1.82) is 0 Å². The Kier molecular flexibility index (Phi) is 5.61. The molecule has 0 aliphatic carbocycles. The van der Waals surface area contributed by atoms with Gasteiger partial charge in [-0.3, -0.25) is 0 Å². The third-order valence-corrected chi connectivity index (χ3v) is 4.60. The van der Waals surface area contributed by atoms with Crippen molar-refractivity contribution in [3.63, 3.8) is 0 Å². The van der Waals surface area contributed by atoms with Gasteiger partial charge in [-0.15, -0.1) is 0 Å². The molecule has 0 heterocycles. The molecule has 0 unspecified atom stereocenters. The van der Waals surface area contributed by atoms with Crippen molar-refractivity contribution in [3.05, 3.63) is 27.7 Å². The fourth-order valence-electron chi connectivity index (χ4n) is 1.36. The van der Waals surface area contributed by atoms with Gasteiger partial charge >= 0.3 is 5.97 Å². The number of aromatic carboxylic acids is 1. The smallest absolute Gasteiger partial charge is 0.337 e. The number of unbranched alkanes of at least 4 members (excludes halogenated alkanes) is 1. The molecule has 0 amide bonds. The van der Waals surface area contributed by atoms with E-state index in [9.17, 15) is 13.2 Å². The maximum absolute atomic E-state index is 12.0. The maximum Gasteiger partial charge on any atom is 0.337 e. The fourth-order valence-corrected chi connectivity index (χ4v) is 3.29. The van der Waals surface area contributed by atoms with Crippen molar-refractivity contribution in [2.24, 2.45) is 0 Å². The van der Waals surface area contributed by atoms with Crippen LogP contribution in [-0.4, -0.2) is 26.0 Å². The Labute approximate surface area is 121 Å². The van der Waals surface area contributed by atoms with Gasteiger partial charge in [0.25, 0.3) is 0 Å². The summed E-state index contributed by atoms with van der Waals surface area (Å²) in [6, 6.07) is 2.07.